The Bertz CT molecular complexity index is 2970. The number of aromatic nitrogens is 2. The lowest BCUT2D eigenvalue weighted by Crippen LogP contribution is -2.24. The minimum absolute atomic E-state index is 0.0457. The first-order valence-electron chi connectivity index (χ1n) is 18.4. The van der Waals surface area contributed by atoms with Crippen LogP contribution in [0.5, 0.6) is 0 Å². The molecular weight excluding hydrogens is 665 g/mol. The van der Waals surface area contributed by atoms with Gasteiger partial charge in [0.2, 0.25) is 0 Å². The largest absolute Gasteiger partial charge is 0.307 e. The third-order valence-electron chi connectivity index (χ3n) is 11.2. The van der Waals surface area contributed by atoms with Crippen molar-refractivity contribution in [2.45, 2.75) is 52.4 Å². The number of benzene rings is 6. The zero-order valence-corrected chi connectivity index (χ0v) is 31.6. The summed E-state index contributed by atoms with van der Waals surface area (Å²) in [6.45, 7) is 13.4. The topological polar surface area (TPSA) is 71.0 Å². The molecule has 0 saturated heterocycles. The van der Waals surface area contributed by atoms with Crippen molar-refractivity contribution in [1.29, 1.82) is 5.26 Å². The molecule has 2 aromatic heterocycles. The SMILES string of the molecule is CN1C(=O)c2cccc(-c3cc(-n4c5ccccc5c5cc(C(C)(C)C)ccc54)c(-n4c5ccccc5c5cc(C(C)(C)C)ccc54)cc3C#N)c2C1=O. The number of nitriles is 1. The van der Waals surface area contributed by atoms with Gasteiger partial charge < -0.3 is 9.13 Å². The molecular formula is C48H40N4O2. The Balaban J connectivity index is 1.46. The smallest absolute Gasteiger partial charge is 0.261 e. The minimum Gasteiger partial charge on any atom is -0.307 e. The van der Waals surface area contributed by atoms with Gasteiger partial charge in [-0.15, -0.1) is 0 Å². The molecule has 0 fully saturated rings. The van der Waals surface area contributed by atoms with Crippen LogP contribution in [0.1, 0.15) is 78.9 Å². The predicted octanol–water partition coefficient (Wildman–Crippen LogP) is 11.2. The van der Waals surface area contributed by atoms with Crippen LogP contribution in [0.2, 0.25) is 0 Å². The van der Waals surface area contributed by atoms with Crippen molar-refractivity contribution < 1.29 is 9.59 Å². The molecule has 0 saturated carbocycles. The summed E-state index contributed by atoms with van der Waals surface area (Å²) in [5.74, 6) is -0.715. The highest BCUT2D eigenvalue weighted by Crippen LogP contribution is 2.43. The maximum absolute atomic E-state index is 13.6. The zero-order chi connectivity index (χ0) is 37.8. The molecule has 6 aromatic carbocycles. The molecule has 0 spiro atoms. The summed E-state index contributed by atoms with van der Waals surface area (Å²) >= 11 is 0. The number of carbonyl (C=O) groups excluding carboxylic acids is 2. The zero-order valence-electron chi connectivity index (χ0n) is 31.6. The van der Waals surface area contributed by atoms with E-state index >= 15 is 0 Å². The molecule has 6 nitrogen and oxygen atoms in total. The van der Waals surface area contributed by atoms with Crippen LogP contribution >= 0.6 is 0 Å². The summed E-state index contributed by atoms with van der Waals surface area (Å²) in [5.41, 5.74) is 10.4. The van der Waals surface area contributed by atoms with Crippen molar-refractivity contribution in [2.24, 2.45) is 0 Å². The molecule has 54 heavy (non-hydrogen) atoms. The minimum atomic E-state index is -0.372. The van der Waals surface area contributed by atoms with Gasteiger partial charge in [-0.2, -0.15) is 5.26 Å². The van der Waals surface area contributed by atoms with Gasteiger partial charge in [0.05, 0.1) is 56.2 Å². The Labute approximate surface area is 314 Å². The van der Waals surface area contributed by atoms with Gasteiger partial charge in [-0.1, -0.05) is 102 Å². The first-order valence-corrected chi connectivity index (χ1v) is 18.4. The van der Waals surface area contributed by atoms with E-state index in [1.807, 2.05) is 18.2 Å². The number of fused-ring (bicyclic) bond motifs is 7. The van der Waals surface area contributed by atoms with E-state index in [1.165, 1.54) is 18.2 Å². The highest BCUT2D eigenvalue weighted by molar-refractivity contribution is 6.24. The number of rotatable bonds is 3. The summed E-state index contributed by atoms with van der Waals surface area (Å²) < 4.78 is 4.57. The van der Waals surface area contributed by atoms with Crippen LogP contribution in [0.3, 0.4) is 0 Å². The van der Waals surface area contributed by atoms with Crippen molar-refractivity contribution >= 4 is 55.4 Å². The van der Waals surface area contributed by atoms with E-state index in [-0.39, 0.29) is 22.6 Å². The van der Waals surface area contributed by atoms with Crippen LogP contribution in [0.4, 0.5) is 0 Å². The summed E-state index contributed by atoms with van der Waals surface area (Å²) in [5, 5.41) is 15.4. The van der Waals surface area contributed by atoms with Gasteiger partial charge in [-0.25, -0.2) is 0 Å². The molecule has 1 aliphatic rings. The van der Waals surface area contributed by atoms with Gasteiger partial charge in [0.1, 0.15) is 0 Å². The van der Waals surface area contributed by atoms with E-state index in [9.17, 15) is 14.9 Å². The molecule has 0 aliphatic carbocycles. The molecule has 0 N–H and O–H groups in total. The highest BCUT2D eigenvalue weighted by Gasteiger charge is 2.36. The van der Waals surface area contributed by atoms with E-state index in [0.29, 0.717) is 27.8 Å². The average Bonchev–Trinajstić information content (AvgIpc) is 3.75. The maximum atomic E-state index is 13.6. The Morgan fingerprint density at radius 3 is 1.50 bits per heavy atom. The number of hydrogen-bond donors (Lipinski definition) is 0. The first-order chi connectivity index (χ1) is 25.8. The fraction of sp³-hybridized carbons (Fsp3) is 0.188. The fourth-order valence-corrected chi connectivity index (χ4v) is 8.27. The van der Waals surface area contributed by atoms with Gasteiger partial charge in [0, 0.05) is 34.2 Å². The lowest BCUT2D eigenvalue weighted by atomic mass is 9.86. The quantitative estimate of drug-likeness (QED) is 0.172. The molecule has 0 unspecified atom stereocenters. The van der Waals surface area contributed by atoms with Gasteiger partial charge in [0.25, 0.3) is 11.8 Å². The van der Waals surface area contributed by atoms with Crippen LogP contribution in [0.15, 0.2) is 115 Å². The Hall–Kier alpha value is -6.45. The Morgan fingerprint density at radius 2 is 0.981 bits per heavy atom. The molecule has 0 atom stereocenters. The molecule has 1 aliphatic heterocycles. The molecule has 0 radical (unpaired) electrons. The Morgan fingerprint density at radius 1 is 0.500 bits per heavy atom. The normalized spacial score (nSPS) is 13.5. The molecule has 264 valence electrons. The second-order valence-corrected chi connectivity index (χ2v) is 16.6. The number of para-hydroxylation sites is 2. The van der Waals surface area contributed by atoms with Gasteiger partial charge in [-0.05, 0) is 82.1 Å². The third kappa shape index (κ3) is 4.78. The third-order valence-corrected chi connectivity index (χ3v) is 11.2. The lowest BCUT2D eigenvalue weighted by molar-refractivity contribution is 0.0693. The monoisotopic (exact) mass is 704 g/mol. The molecule has 9 rings (SSSR count). The summed E-state index contributed by atoms with van der Waals surface area (Å²) in [7, 11) is 1.51. The number of imide groups is 1. The van der Waals surface area contributed by atoms with E-state index in [4.69, 9.17) is 0 Å². The standard InChI is InChI=1S/C48H40N4O2/c1-47(2,3)29-19-21-40-36(24-29)31-13-8-10-17-38(31)51(40)42-23-28(27-49)35(33-15-12-16-34-44(33)46(54)50(7)45(34)53)26-43(42)52-39-18-11-9-14-32(39)37-25-30(48(4,5)6)20-22-41(37)52/h8-26H,1-7H3. The predicted molar refractivity (Wildman–Crippen MR) is 219 cm³/mol. The van der Waals surface area contributed by atoms with Crippen LogP contribution in [-0.4, -0.2) is 32.9 Å². The number of nitrogens with zero attached hydrogens (tertiary/aromatic N) is 4. The average molecular weight is 705 g/mol. The van der Waals surface area contributed by atoms with E-state index < -0.39 is 0 Å². The molecule has 3 heterocycles. The number of hydrogen-bond acceptors (Lipinski definition) is 3. The van der Waals surface area contributed by atoms with Gasteiger partial charge in [0.15, 0.2) is 0 Å². The van der Waals surface area contributed by atoms with Crippen molar-refractivity contribution in [3.63, 3.8) is 0 Å². The van der Waals surface area contributed by atoms with Crippen LogP contribution in [0, 0.1) is 11.3 Å². The van der Waals surface area contributed by atoms with E-state index in [0.717, 1.165) is 59.9 Å². The number of amides is 2. The summed E-state index contributed by atoms with van der Waals surface area (Å²) in [4.78, 5) is 28.0. The molecule has 0 bridgehead atoms. The summed E-state index contributed by atoms with van der Waals surface area (Å²) in [6.07, 6.45) is 0. The molecule has 8 aromatic rings. The maximum Gasteiger partial charge on any atom is 0.261 e. The first kappa shape index (κ1) is 33.4. The van der Waals surface area contributed by atoms with Crippen LogP contribution in [0.25, 0.3) is 66.1 Å². The van der Waals surface area contributed by atoms with Gasteiger partial charge >= 0.3 is 0 Å². The van der Waals surface area contributed by atoms with E-state index in [2.05, 4.69) is 142 Å². The second kappa shape index (κ2) is 11.5. The molecule has 6 heteroatoms. The Kier molecular flexibility index (Phi) is 7.13. The van der Waals surface area contributed by atoms with Crippen molar-refractivity contribution in [1.82, 2.24) is 14.0 Å². The number of carbonyl (C=O) groups is 2. The summed E-state index contributed by atoms with van der Waals surface area (Å²) in [6, 6.07) is 42.1. The van der Waals surface area contributed by atoms with Crippen LogP contribution < -0.4 is 0 Å². The van der Waals surface area contributed by atoms with Crippen molar-refractivity contribution in [2.75, 3.05) is 7.05 Å². The van der Waals surface area contributed by atoms with Gasteiger partial charge in [-0.3, -0.25) is 14.5 Å². The highest BCUT2D eigenvalue weighted by atomic mass is 16.2. The van der Waals surface area contributed by atoms with Crippen molar-refractivity contribution in [3.05, 3.63) is 143 Å². The second-order valence-electron chi connectivity index (χ2n) is 16.6. The fourth-order valence-electron chi connectivity index (χ4n) is 8.27. The lowest BCUT2D eigenvalue weighted by Gasteiger charge is -2.21. The van der Waals surface area contributed by atoms with E-state index in [1.54, 1.807) is 12.1 Å². The van der Waals surface area contributed by atoms with Crippen LogP contribution in [-0.2, 0) is 10.8 Å². The van der Waals surface area contributed by atoms with Crippen molar-refractivity contribution in [3.8, 4) is 28.6 Å². The molecule has 2 amide bonds.